The molecule has 0 saturated carbocycles. The van der Waals surface area contributed by atoms with Crippen molar-refractivity contribution in [2.75, 3.05) is 5.32 Å². The quantitative estimate of drug-likeness (QED) is 0.838. The maximum Gasteiger partial charge on any atom is 0.416 e. The van der Waals surface area contributed by atoms with Crippen LogP contribution in [0.4, 0.5) is 18.9 Å². The van der Waals surface area contributed by atoms with E-state index in [0.29, 0.717) is 5.69 Å². The number of anilines is 1. The van der Waals surface area contributed by atoms with Gasteiger partial charge in [0.15, 0.2) is 0 Å². The Balaban J connectivity index is 2.02. The predicted molar refractivity (Wildman–Crippen MR) is 77.2 cm³/mol. The molecule has 20 heavy (non-hydrogen) atoms. The summed E-state index contributed by atoms with van der Waals surface area (Å²) in [5.41, 5.74) is 0.890. The molecule has 1 unspecified atom stereocenters. The van der Waals surface area contributed by atoms with Crippen molar-refractivity contribution in [1.82, 2.24) is 5.32 Å². The Morgan fingerprint density at radius 2 is 2.10 bits per heavy atom. The molecule has 1 atom stereocenters. The molecule has 0 aromatic heterocycles. The third-order valence-electron chi connectivity index (χ3n) is 3.01. The molecule has 0 radical (unpaired) electrons. The summed E-state index contributed by atoms with van der Waals surface area (Å²) in [7, 11) is 0. The molecular weight excluding hydrogens is 285 g/mol. The van der Waals surface area contributed by atoms with Crippen LogP contribution in [0.1, 0.15) is 32.3 Å². The number of allylic oxidation sites excluding steroid dienone is 2. The lowest BCUT2D eigenvalue weighted by Gasteiger charge is -2.17. The molecule has 0 fully saturated rings. The van der Waals surface area contributed by atoms with Crippen LogP contribution in [0.5, 0.6) is 0 Å². The van der Waals surface area contributed by atoms with Crippen LogP contribution in [-0.2, 0) is 6.18 Å². The summed E-state index contributed by atoms with van der Waals surface area (Å²) in [4.78, 5) is 1.19. The molecule has 2 rings (SSSR count). The molecule has 0 amide bonds. The van der Waals surface area contributed by atoms with Gasteiger partial charge in [0.25, 0.3) is 0 Å². The Kier molecular flexibility index (Phi) is 4.52. The van der Waals surface area contributed by atoms with Gasteiger partial charge in [0.2, 0.25) is 0 Å². The molecule has 2 N–H and O–H groups in total. The van der Waals surface area contributed by atoms with Gasteiger partial charge in [0.1, 0.15) is 5.50 Å². The normalized spacial score (nSPS) is 19.1. The molecule has 1 heterocycles. The zero-order valence-corrected chi connectivity index (χ0v) is 12.2. The highest BCUT2D eigenvalue weighted by molar-refractivity contribution is 8.03. The average Bonchev–Trinajstić information content (AvgIpc) is 2.69. The van der Waals surface area contributed by atoms with Crippen LogP contribution >= 0.6 is 11.8 Å². The smallest absolute Gasteiger partial charge is 0.359 e. The number of rotatable bonds is 4. The molecule has 0 bridgehead atoms. The molecule has 110 valence electrons. The van der Waals surface area contributed by atoms with Gasteiger partial charge in [-0.1, -0.05) is 31.2 Å². The fraction of sp³-hybridized carbons (Fsp3) is 0.429. The van der Waals surface area contributed by atoms with Gasteiger partial charge in [-0.3, -0.25) is 0 Å². The van der Waals surface area contributed by atoms with E-state index >= 15 is 0 Å². The largest absolute Gasteiger partial charge is 0.416 e. The zero-order chi connectivity index (χ0) is 14.8. The van der Waals surface area contributed by atoms with Crippen LogP contribution in [0.25, 0.3) is 0 Å². The molecule has 0 spiro atoms. The topological polar surface area (TPSA) is 24.1 Å². The third-order valence-corrected chi connectivity index (χ3v) is 4.08. The van der Waals surface area contributed by atoms with Gasteiger partial charge in [0, 0.05) is 16.3 Å². The van der Waals surface area contributed by atoms with E-state index in [4.69, 9.17) is 0 Å². The first-order valence-electron chi connectivity index (χ1n) is 6.47. The van der Waals surface area contributed by atoms with Crippen molar-refractivity contribution in [3.05, 3.63) is 40.4 Å². The third kappa shape index (κ3) is 3.62. The minimum absolute atomic E-state index is 0.111. The van der Waals surface area contributed by atoms with Crippen molar-refractivity contribution in [2.24, 2.45) is 0 Å². The monoisotopic (exact) mass is 302 g/mol. The van der Waals surface area contributed by atoms with Crippen LogP contribution in [0, 0.1) is 0 Å². The first kappa shape index (κ1) is 15.1. The van der Waals surface area contributed by atoms with Gasteiger partial charge in [0.05, 0.1) is 5.56 Å². The predicted octanol–water partition coefficient (Wildman–Crippen LogP) is 4.77. The first-order valence-corrected chi connectivity index (χ1v) is 7.35. The summed E-state index contributed by atoms with van der Waals surface area (Å²) in [6, 6.07) is 5.27. The molecular formula is C14H17F3N2S. The minimum Gasteiger partial charge on any atom is -0.359 e. The second-order valence-corrected chi connectivity index (χ2v) is 5.97. The highest BCUT2D eigenvalue weighted by Gasteiger charge is 2.30. The first-order chi connectivity index (χ1) is 9.40. The standard InChI is InChI=1S/C14H17F3N2S/c1-3-5-12-9(2)20-13(19-12)18-11-7-4-6-10(8-11)14(15,16)17/h4,6-8,13,18-19H,3,5H2,1-2H3. The number of thioether (sulfide) groups is 1. The van der Waals surface area contributed by atoms with E-state index in [-0.39, 0.29) is 5.50 Å². The van der Waals surface area contributed by atoms with Crippen LogP contribution in [0.15, 0.2) is 34.9 Å². The van der Waals surface area contributed by atoms with Gasteiger partial charge < -0.3 is 10.6 Å². The Hall–Kier alpha value is -1.30. The summed E-state index contributed by atoms with van der Waals surface area (Å²) >= 11 is 1.60. The second kappa shape index (κ2) is 5.99. The maximum atomic E-state index is 12.6. The molecule has 1 aliphatic rings. The Labute approximate surface area is 120 Å². The fourth-order valence-corrected chi connectivity index (χ4v) is 3.09. The number of hydrogen-bond acceptors (Lipinski definition) is 3. The SMILES string of the molecule is CCCC1=C(C)SC(Nc2cccc(C(F)(F)F)c2)N1. The zero-order valence-electron chi connectivity index (χ0n) is 11.3. The molecule has 0 aliphatic carbocycles. The van der Waals surface area contributed by atoms with E-state index in [1.54, 1.807) is 17.8 Å². The number of nitrogens with one attached hydrogen (secondary N) is 2. The fourth-order valence-electron chi connectivity index (χ4n) is 2.04. The van der Waals surface area contributed by atoms with Crippen LogP contribution in [0.2, 0.25) is 0 Å². The van der Waals surface area contributed by atoms with E-state index in [1.807, 2.05) is 6.92 Å². The molecule has 1 aliphatic heterocycles. The van der Waals surface area contributed by atoms with Crippen molar-refractivity contribution in [3.8, 4) is 0 Å². The van der Waals surface area contributed by atoms with E-state index in [0.717, 1.165) is 25.0 Å². The summed E-state index contributed by atoms with van der Waals surface area (Å²) in [5.74, 6) is 0. The van der Waals surface area contributed by atoms with E-state index in [9.17, 15) is 13.2 Å². The summed E-state index contributed by atoms with van der Waals surface area (Å²) < 4.78 is 37.9. The lowest BCUT2D eigenvalue weighted by atomic mass is 10.2. The second-order valence-electron chi connectivity index (χ2n) is 4.65. The molecule has 0 saturated heterocycles. The minimum atomic E-state index is -4.31. The number of hydrogen-bond donors (Lipinski definition) is 2. The summed E-state index contributed by atoms with van der Waals surface area (Å²) in [6.07, 6.45) is -2.31. The highest BCUT2D eigenvalue weighted by Crippen LogP contribution is 2.34. The van der Waals surface area contributed by atoms with Crippen molar-refractivity contribution in [2.45, 2.75) is 38.4 Å². The Morgan fingerprint density at radius 1 is 1.35 bits per heavy atom. The van der Waals surface area contributed by atoms with Gasteiger partial charge in [-0.05, 0) is 31.5 Å². The van der Waals surface area contributed by atoms with Gasteiger partial charge in [-0.15, -0.1) is 0 Å². The number of benzene rings is 1. The maximum absolute atomic E-state index is 12.6. The van der Waals surface area contributed by atoms with Crippen LogP contribution in [0.3, 0.4) is 0 Å². The molecule has 2 nitrogen and oxygen atoms in total. The Bertz CT molecular complexity index is 511. The molecule has 6 heteroatoms. The van der Waals surface area contributed by atoms with Crippen molar-refractivity contribution >= 4 is 17.4 Å². The average molecular weight is 302 g/mol. The Morgan fingerprint density at radius 3 is 2.75 bits per heavy atom. The number of alkyl halides is 3. The van der Waals surface area contributed by atoms with E-state index < -0.39 is 11.7 Å². The summed E-state index contributed by atoms with van der Waals surface area (Å²) in [5, 5.41) is 6.38. The summed E-state index contributed by atoms with van der Waals surface area (Å²) in [6.45, 7) is 4.12. The molecule has 1 aromatic carbocycles. The lowest BCUT2D eigenvalue weighted by molar-refractivity contribution is -0.137. The van der Waals surface area contributed by atoms with E-state index in [1.165, 1.54) is 16.7 Å². The van der Waals surface area contributed by atoms with Crippen LogP contribution in [-0.4, -0.2) is 5.50 Å². The molecule has 1 aromatic rings. The van der Waals surface area contributed by atoms with Crippen LogP contribution < -0.4 is 10.6 Å². The van der Waals surface area contributed by atoms with Crippen molar-refractivity contribution < 1.29 is 13.2 Å². The van der Waals surface area contributed by atoms with Crippen molar-refractivity contribution in [1.29, 1.82) is 0 Å². The lowest BCUT2D eigenvalue weighted by Crippen LogP contribution is -2.28. The van der Waals surface area contributed by atoms with Crippen molar-refractivity contribution in [3.63, 3.8) is 0 Å². The van der Waals surface area contributed by atoms with Gasteiger partial charge >= 0.3 is 6.18 Å². The van der Waals surface area contributed by atoms with Gasteiger partial charge in [-0.2, -0.15) is 13.2 Å². The highest BCUT2D eigenvalue weighted by atomic mass is 32.2. The van der Waals surface area contributed by atoms with Gasteiger partial charge in [-0.25, -0.2) is 0 Å². The number of halogens is 3. The van der Waals surface area contributed by atoms with E-state index in [2.05, 4.69) is 17.6 Å².